The van der Waals surface area contributed by atoms with Crippen LogP contribution in [0, 0.1) is 11.3 Å². The molecule has 8 nitrogen and oxygen atoms in total. The summed E-state index contributed by atoms with van der Waals surface area (Å²) in [5.74, 6) is -5.91. The van der Waals surface area contributed by atoms with Crippen molar-refractivity contribution in [2.24, 2.45) is 11.7 Å². The maximum atomic E-state index is 12.2. The minimum absolute atomic E-state index is 0.0763. The average molecular weight is 426 g/mol. The molecule has 0 amide bonds. The SMILES string of the molecule is CCC(Cc1ccc(C(=O)Oc2ccc(C(=N)N)cc2)o1)C(=O)OC(=O)C(F)(F)F. The van der Waals surface area contributed by atoms with Gasteiger partial charge in [-0.1, -0.05) is 6.92 Å². The van der Waals surface area contributed by atoms with E-state index in [0.29, 0.717) is 5.56 Å². The first-order valence-corrected chi connectivity index (χ1v) is 8.59. The van der Waals surface area contributed by atoms with E-state index in [-0.39, 0.29) is 35.9 Å². The van der Waals surface area contributed by atoms with Gasteiger partial charge in [0.25, 0.3) is 0 Å². The monoisotopic (exact) mass is 426 g/mol. The Bertz CT molecular complexity index is 950. The second-order valence-electron chi connectivity index (χ2n) is 6.11. The first-order chi connectivity index (χ1) is 14.0. The van der Waals surface area contributed by atoms with Crippen LogP contribution in [0.3, 0.4) is 0 Å². The molecule has 1 atom stereocenters. The standard InChI is InChI=1S/C19H17F3N2O6/c1-2-10(16(25)30-18(27)19(20,21)22)9-13-7-8-14(28-13)17(26)29-12-5-3-11(4-6-12)15(23)24/h3-8,10H,2,9H2,1H3,(H3,23,24). The average Bonchev–Trinajstić information content (AvgIpc) is 3.14. The molecule has 1 heterocycles. The van der Waals surface area contributed by atoms with Crippen LogP contribution < -0.4 is 10.5 Å². The number of ether oxygens (including phenoxy) is 2. The van der Waals surface area contributed by atoms with Gasteiger partial charge in [0.05, 0.1) is 5.92 Å². The lowest BCUT2D eigenvalue weighted by atomic mass is 10.0. The molecule has 0 spiro atoms. The first-order valence-electron chi connectivity index (χ1n) is 8.59. The molecule has 0 saturated heterocycles. The molecule has 0 bridgehead atoms. The second kappa shape index (κ2) is 9.25. The zero-order valence-corrected chi connectivity index (χ0v) is 15.6. The summed E-state index contributed by atoms with van der Waals surface area (Å²) in [5, 5.41) is 7.30. The van der Waals surface area contributed by atoms with E-state index < -0.39 is 30.0 Å². The van der Waals surface area contributed by atoms with Gasteiger partial charge in [-0.2, -0.15) is 13.2 Å². The lowest BCUT2D eigenvalue weighted by Gasteiger charge is -2.12. The third-order valence-corrected chi connectivity index (χ3v) is 3.94. The molecular weight excluding hydrogens is 409 g/mol. The Morgan fingerprint density at radius 3 is 2.30 bits per heavy atom. The fourth-order valence-electron chi connectivity index (χ4n) is 2.33. The van der Waals surface area contributed by atoms with Gasteiger partial charge in [-0.15, -0.1) is 0 Å². The highest BCUT2D eigenvalue weighted by molar-refractivity contribution is 5.95. The lowest BCUT2D eigenvalue weighted by Crippen LogP contribution is -2.31. The van der Waals surface area contributed by atoms with E-state index in [1.165, 1.54) is 43.3 Å². The van der Waals surface area contributed by atoms with Crippen LogP contribution in [-0.2, 0) is 20.7 Å². The van der Waals surface area contributed by atoms with Gasteiger partial charge in [0.15, 0.2) is 0 Å². The fraction of sp³-hybridized carbons (Fsp3) is 0.263. The Kier molecular flexibility index (Phi) is 6.98. The number of carbonyl (C=O) groups excluding carboxylic acids is 3. The third-order valence-electron chi connectivity index (χ3n) is 3.94. The Morgan fingerprint density at radius 1 is 1.13 bits per heavy atom. The summed E-state index contributed by atoms with van der Waals surface area (Å²) in [7, 11) is 0. The fourth-order valence-corrected chi connectivity index (χ4v) is 2.33. The number of hydrogen-bond acceptors (Lipinski definition) is 7. The van der Waals surface area contributed by atoms with Gasteiger partial charge in [-0.3, -0.25) is 10.2 Å². The summed E-state index contributed by atoms with van der Waals surface area (Å²) in [6.07, 6.45) is -5.38. The number of furan rings is 1. The maximum Gasteiger partial charge on any atom is 0.491 e. The first kappa shape index (κ1) is 22.7. The molecule has 0 radical (unpaired) electrons. The van der Waals surface area contributed by atoms with Gasteiger partial charge in [0.2, 0.25) is 5.76 Å². The maximum absolute atomic E-state index is 12.2. The van der Waals surface area contributed by atoms with Crippen LogP contribution in [0.1, 0.15) is 35.2 Å². The van der Waals surface area contributed by atoms with Gasteiger partial charge in [0.1, 0.15) is 17.3 Å². The number of alkyl halides is 3. The van der Waals surface area contributed by atoms with Crippen molar-refractivity contribution in [3.05, 3.63) is 53.5 Å². The molecule has 160 valence electrons. The summed E-state index contributed by atoms with van der Waals surface area (Å²) < 4.78 is 50.9. The van der Waals surface area contributed by atoms with Gasteiger partial charge in [0, 0.05) is 12.0 Å². The van der Waals surface area contributed by atoms with E-state index in [1.54, 1.807) is 0 Å². The number of nitrogens with two attached hydrogens (primary N) is 1. The summed E-state index contributed by atoms with van der Waals surface area (Å²) >= 11 is 0. The van der Waals surface area contributed by atoms with Crippen molar-refractivity contribution in [3.8, 4) is 5.75 Å². The van der Waals surface area contributed by atoms with Crippen LogP contribution in [0.5, 0.6) is 5.75 Å². The highest BCUT2D eigenvalue weighted by atomic mass is 19.4. The number of hydrogen-bond donors (Lipinski definition) is 2. The van der Waals surface area contributed by atoms with Crippen LogP contribution in [0.4, 0.5) is 13.2 Å². The van der Waals surface area contributed by atoms with E-state index in [9.17, 15) is 27.6 Å². The van der Waals surface area contributed by atoms with Gasteiger partial charge in [-0.25, -0.2) is 9.59 Å². The van der Waals surface area contributed by atoms with Crippen LogP contribution in [0.15, 0.2) is 40.8 Å². The zero-order valence-electron chi connectivity index (χ0n) is 15.6. The molecule has 1 unspecified atom stereocenters. The van der Waals surface area contributed by atoms with E-state index in [0.717, 1.165) is 0 Å². The van der Waals surface area contributed by atoms with Crippen LogP contribution in [0.2, 0.25) is 0 Å². The second-order valence-corrected chi connectivity index (χ2v) is 6.11. The van der Waals surface area contributed by atoms with E-state index in [4.69, 9.17) is 20.3 Å². The Labute approximate surface area is 168 Å². The third kappa shape index (κ3) is 5.93. The molecule has 0 saturated carbocycles. The van der Waals surface area contributed by atoms with Crippen molar-refractivity contribution in [3.63, 3.8) is 0 Å². The molecule has 30 heavy (non-hydrogen) atoms. The molecule has 0 fully saturated rings. The molecule has 1 aromatic heterocycles. The molecular formula is C19H17F3N2O6. The number of rotatable bonds is 7. The Morgan fingerprint density at radius 2 is 1.77 bits per heavy atom. The van der Waals surface area contributed by atoms with Crippen LogP contribution >= 0.6 is 0 Å². The number of amidine groups is 1. The molecule has 0 aliphatic rings. The highest BCUT2D eigenvalue weighted by Gasteiger charge is 2.43. The summed E-state index contributed by atoms with van der Waals surface area (Å²) in [4.78, 5) is 34.7. The number of carbonyl (C=O) groups is 3. The lowest BCUT2D eigenvalue weighted by molar-refractivity contribution is -0.203. The quantitative estimate of drug-likeness (QED) is 0.229. The predicted octanol–water partition coefficient (Wildman–Crippen LogP) is 2.98. The number of benzene rings is 1. The molecule has 2 aromatic rings. The summed E-state index contributed by atoms with van der Waals surface area (Å²) in [6.45, 7) is 1.52. The van der Waals surface area contributed by atoms with Gasteiger partial charge < -0.3 is 19.6 Å². The summed E-state index contributed by atoms with van der Waals surface area (Å²) in [5.41, 5.74) is 5.77. The number of esters is 3. The van der Waals surface area contributed by atoms with Crippen molar-refractivity contribution < 1.29 is 41.4 Å². The minimum atomic E-state index is -5.28. The number of nitrogen functional groups attached to an aromatic ring is 1. The van der Waals surface area contributed by atoms with Crippen molar-refractivity contribution in [1.82, 2.24) is 0 Å². The predicted molar refractivity (Wildman–Crippen MR) is 95.8 cm³/mol. The van der Waals surface area contributed by atoms with Gasteiger partial charge >= 0.3 is 24.1 Å². The molecule has 1 aromatic carbocycles. The zero-order chi connectivity index (χ0) is 22.5. The number of halogens is 3. The van der Waals surface area contributed by atoms with E-state index in [2.05, 4.69) is 4.74 Å². The topological polar surface area (TPSA) is 133 Å². The van der Waals surface area contributed by atoms with E-state index >= 15 is 0 Å². The molecule has 0 aliphatic heterocycles. The van der Waals surface area contributed by atoms with Crippen molar-refractivity contribution >= 4 is 23.7 Å². The van der Waals surface area contributed by atoms with Crippen molar-refractivity contribution in [2.75, 3.05) is 0 Å². The Hall–Kier alpha value is -3.63. The summed E-state index contributed by atoms with van der Waals surface area (Å²) in [6, 6.07) is 8.46. The molecule has 11 heteroatoms. The largest absolute Gasteiger partial charge is 0.491 e. The molecule has 2 rings (SSSR count). The van der Waals surface area contributed by atoms with Crippen molar-refractivity contribution in [1.29, 1.82) is 5.41 Å². The number of nitrogens with one attached hydrogen (secondary N) is 1. The van der Waals surface area contributed by atoms with E-state index in [1.807, 2.05) is 0 Å². The van der Waals surface area contributed by atoms with Crippen LogP contribution in [-0.4, -0.2) is 29.9 Å². The van der Waals surface area contributed by atoms with Gasteiger partial charge in [-0.05, 0) is 42.8 Å². The smallest absolute Gasteiger partial charge is 0.454 e. The normalized spacial score (nSPS) is 12.1. The minimum Gasteiger partial charge on any atom is -0.454 e. The molecule has 3 N–H and O–H groups in total. The van der Waals surface area contributed by atoms with Crippen LogP contribution in [0.25, 0.3) is 0 Å². The molecule has 0 aliphatic carbocycles. The highest BCUT2D eigenvalue weighted by Crippen LogP contribution is 2.21. The Balaban J connectivity index is 2.00. The van der Waals surface area contributed by atoms with Crippen molar-refractivity contribution in [2.45, 2.75) is 25.9 Å².